The van der Waals surface area contributed by atoms with Crippen LogP contribution in [-0.2, 0) is 16.6 Å². The van der Waals surface area contributed by atoms with Gasteiger partial charge in [-0.15, -0.1) is 11.3 Å². The monoisotopic (exact) mass is 574 g/mol. The third kappa shape index (κ3) is 6.87. The Hall–Kier alpha value is -3.31. The molecule has 0 saturated heterocycles. The number of hydrogen-bond acceptors (Lipinski definition) is 7. The maximum atomic E-state index is 13.2. The first-order valence-corrected chi connectivity index (χ1v) is 13.7. The number of nitrogens with one attached hydrogen (secondary N) is 1. The number of aliphatic hydroxyl groups is 1. The van der Waals surface area contributed by atoms with Gasteiger partial charge < -0.3 is 15.5 Å². The van der Waals surface area contributed by atoms with Crippen molar-refractivity contribution in [2.75, 3.05) is 5.32 Å². The number of carboxylic acid groups (broad SMARTS) is 1. The van der Waals surface area contributed by atoms with Crippen LogP contribution in [0, 0.1) is 16.7 Å². The van der Waals surface area contributed by atoms with Crippen LogP contribution in [0.3, 0.4) is 0 Å². The Morgan fingerprint density at radius 1 is 1.18 bits per heavy atom. The molecule has 3 aromatic rings. The third-order valence-electron chi connectivity index (χ3n) is 6.96. The van der Waals surface area contributed by atoms with Gasteiger partial charge in [0, 0.05) is 18.1 Å². The predicted molar refractivity (Wildman–Crippen MR) is 149 cm³/mol. The van der Waals surface area contributed by atoms with Gasteiger partial charge in [0.15, 0.2) is 0 Å². The van der Waals surface area contributed by atoms with Gasteiger partial charge in [0.25, 0.3) is 0 Å². The van der Waals surface area contributed by atoms with E-state index in [1.54, 1.807) is 18.3 Å². The molecule has 214 valence electrons. The number of anilines is 2. The lowest BCUT2D eigenvalue weighted by Crippen LogP contribution is -2.44. The van der Waals surface area contributed by atoms with Crippen LogP contribution in [0.1, 0.15) is 70.1 Å². The van der Waals surface area contributed by atoms with Gasteiger partial charge in [0.05, 0.1) is 10.8 Å². The molecule has 2 aromatic heterocycles. The second-order valence-electron chi connectivity index (χ2n) is 12.1. The van der Waals surface area contributed by atoms with Crippen molar-refractivity contribution in [1.82, 2.24) is 15.0 Å². The summed E-state index contributed by atoms with van der Waals surface area (Å²) in [4.78, 5) is 24.5. The van der Waals surface area contributed by atoms with E-state index in [2.05, 4.69) is 41.0 Å². The standard InChI is InChI=1S/C29H33F3N4O3S/c1-26(2,3)9-6-17-12-18(14-19(13-17)35-25-33-11-8-22(36-25)29(30,31)32)21-15-34-24(40-21)28(39)10-7-20(23(37)38)27(4,5)16-28/h6,8-9,11-15,20,39H,7,10,16H2,1-5H3,(H,37,38)(H,33,35,36)/b9-6-/t20-,28-/m1/s1. The van der Waals surface area contributed by atoms with E-state index in [1.807, 2.05) is 32.1 Å². The first-order valence-electron chi connectivity index (χ1n) is 12.9. The van der Waals surface area contributed by atoms with E-state index < -0.39 is 34.8 Å². The van der Waals surface area contributed by atoms with Crippen molar-refractivity contribution in [2.45, 2.75) is 65.7 Å². The summed E-state index contributed by atoms with van der Waals surface area (Å²) in [5.41, 5.74) is -0.984. The van der Waals surface area contributed by atoms with Crippen LogP contribution >= 0.6 is 11.3 Å². The Bertz CT molecular complexity index is 1430. The third-order valence-corrected chi connectivity index (χ3v) is 8.20. The van der Waals surface area contributed by atoms with Crippen LogP contribution in [0.4, 0.5) is 24.8 Å². The van der Waals surface area contributed by atoms with Crippen LogP contribution in [0.15, 0.2) is 42.7 Å². The smallest absolute Gasteiger partial charge is 0.433 e. The summed E-state index contributed by atoms with van der Waals surface area (Å²) in [6, 6.07) is 6.31. The normalized spacial score (nSPS) is 21.5. The molecule has 11 heteroatoms. The van der Waals surface area contributed by atoms with Gasteiger partial charge >= 0.3 is 12.1 Å². The van der Waals surface area contributed by atoms with Gasteiger partial charge in [-0.3, -0.25) is 4.79 Å². The van der Waals surface area contributed by atoms with Crippen molar-refractivity contribution in [3.05, 3.63) is 59.0 Å². The predicted octanol–water partition coefficient (Wildman–Crippen LogP) is 7.52. The molecule has 0 aliphatic heterocycles. The number of rotatable bonds is 6. The minimum absolute atomic E-state index is 0.101. The van der Waals surface area contributed by atoms with Crippen LogP contribution in [0.25, 0.3) is 16.5 Å². The van der Waals surface area contributed by atoms with E-state index in [0.717, 1.165) is 28.3 Å². The zero-order chi connectivity index (χ0) is 29.5. The van der Waals surface area contributed by atoms with Crippen LogP contribution < -0.4 is 5.32 Å². The van der Waals surface area contributed by atoms with Crippen molar-refractivity contribution in [2.24, 2.45) is 16.7 Å². The summed E-state index contributed by atoms with van der Waals surface area (Å²) in [6.45, 7) is 9.87. The molecule has 0 amide bonds. The lowest BCUT2D eigenvalue weighted by Gasteiger charge is -2.44. The highest BCUT2D eigenvalue weighted by Crippen LogP contribution is 2.51. The Balaban J connectivity index is 1.69. The maximum Gasteiger partial charge on any atom is 0.433 e. The minimum Gasteiger partial charge on any atom is -0.481 e. The first kappa shape index (κ1) is 29.7. The molecule has 1 aliphatic carbocycles. The summed E-state index contributed by atoms with van der Waals surface area (Å²) in [5.74, 6) is -1.60. The fourth-order valence-electron chi connectivity index (χ4n) is 5.02. The van der Waals surface area contributed by atoms with E-state index >= 15 is 0 Å². The van der Waals surface area contributed by atoms with Gasteiger partial charge in [-0.05, 0) is 65.5 Å². The van der Waals surface area contributed by atoms with E-state index in [4.69, 9.17) is 0 Å². The number of carbonyl (C=O) groups is 1. The molecule has 2 heterocycles. The minimum atomic E-state index is -4.60. The lowest BCUT2D eigenvalue weighted by atomic mass is 9.63. The molecule has 1 fully saturated rings. The average Bonchev–Trinajstić information content (AvgIpc) is 3.32. The van der Waals surface area contributed by atoms with Gasteiger partial charge in [-0.1, -0.05) is 46.8 Å². The number of halogens is 3. The van der Waals surface area contributed by atoms with Crippen molar-refractivity contribution in [3.8, 4) is 10.4 Å². The second kappa shape index (κ2) is 10.6. The largest absolute Gasteiger partial charge is 0.481 e. The maximum absolute atomic E-state index is 13.2. The zero-order valence-electron chi connectivity index (χ0n) is 23.0. The molecule has 2 atom stereocenters. The fraction of sp³-hybridized carbons (Fsp3) is 0.448. The summed E-state index contributed by atoms with van der Waals surface area (Å²) in [6.07, 6.45) is 2.97. The van der Waals surface area contributed by atoms with E-state index in [9.17, 15) is 28.2 Å². The second-order valence-corrected chi connectivity index (χ2v) is 13.1. The SMILES string of the molecule is CC(C)(C)/C=C\c1cc(Nc2nccc(C(F)(F)F)n2)cc(-c2cnc([C@@]3(O)CC[C@H](C(=O)O)C(C)(C)C3)s2)c1. The van der Waals surface area contributed by atoms with Gasteiger partial charge in [-0.2, -0.15) is 13.2 Å². The average molecular weight is 575 g/mol. The Morgan fingerprint density at radius 3 is 2.52 bits per heavy atom. The quantitative estimate of drug-likeness (QED) is 0.279. The number of thiazole rings is 1. The molecule has 3 N–H and O–H groups in total. The van der Waals surface area contributed by atoms with Crippen LogP contribution in [0.2, 0.25) is 0 Å². The number of nitrogens with zero attached hydrogens (tertiary/aromatic N) is 3. The Kier molecular flexibility index (Phi) is 7.85. The molecular weight excluding hydrogens is 541 g/mol. The number of benzene rings is 1. The van der Waals surface area contributed by atoms with Gasteiger partial charge in [-0.25, -0.2) is 15.0 Å². The number of aromatic nitrogens is 3. The summed E-state index contributed by atoms with van der Waals surface area (Å²) in [7, 11) is 0. The van der Waals surface area contributed by atoms with Crippen molar-refractivity contribution >= 4 is 35.0 Å². The molecular formula is C29H33F3N4O3S. The summed E-state index contributed by atoms with van der Waals surface area (Å²) in [5, 5.41) is 24.5. The number of allylic oxidation sites excluding steroid dienone is 1. The number of carboxylic acids is 1. The van der Waals surface area contributed by atoms with Crippen molar-refractivity contribution in [3.63, 3.8) is 0 Å². The van der Waals surface area contributed by atoms with E-state index in [0.29, 0.717) is 17.1 Å². The van der Waals surface area contributed by atoms with Crippen molar-refractivity contribution in [1.29, 1.82) is 0 Å². The lowest BCUT2D eigenvalue weighted by molar-refractivity contribution is -0.154. The number of hydrogen-bond donors (Lipinski definition) is 3. The number of aliphatic carboxylic acids is 1. The highest BCUT2D eigenvalue weighted by atomic mass is 32.1. The summed E-state index contributed by atoms with van der Waals surface area (Å²) < 4.78 is 39.5. The topological polar surface area (TPSA) is 108 Å². The molecule has 0 unspecified atom stereocenters. The molecule has 0 radical (unpaired) electrons. The molecule has 4 rings (SSSR count). The highest BCUT2D eigenvalue weighted by Gasteiger charge is 2.49. The van der Waals surface area contributed by atoms with E-state index in [1.165, 1.54) is 11.3 Å². The van der Waals surface area contributed by atoms with E-state index in [-0.39, 0.29) is 24.2 Å². The number of alkyl halides is 3. The van der Waals surface area contributed by atoms with Gasteiger partial charge in [0.2, 0.25) is 5.95 Å². The molecule has 0 spiro atoms. The first-order chi connectivity index (χ1) is 18.5. The van der Waals surface area contributed by atoms with Crippen molar-refractivity contribution < 1.29 is 28.2 Å². The Labute approximate surface area is 235 Å². The van der Waals surface area contributed by atoms with Crippen LogP contribution in [0.5, 0.6) is 0 Å². The molecule has 0 bridgehead atoms. The molecule has 40 heavy (non-hydrogen) atoms. The molecule has 7 nitrogen and oxygen atoms in total. The molecule has 1 aliphatic rings. The molecule has 1 saturated carbocycles. The molecule has 1 aromatic carbocycles. The highest BCUT2D eigenvalue weighted by molar-refractivity contribution is 7.15. The van der Waals surface area contributed by atoms with Crippen LogP contribution in [-0.4, -0.2) is 31.1 Å². The Morgan fingerprint density at radius 2 is 1.90 bits per heavy atom. The zero-order valence-corrected chi connectivity index (χ0v) is 23.8. The fourth-order valence-corrected chi connectivity index (χ4v) is 6.04. The van der Waals surface area contributed by atoms with Gasteiger partial charge in [0.1, 0.15) is 16.3 Å². The summed E-state index contributed by atoms with van der Waals surface area (Å²) >= 11 is 1.31.